The normalized spacial score (nSPS) is 11.5. The second-order valence-electron chi connectivity index (χ2n) is 4.24. The molecule has 19 heavy (non-hydrogen) atoms. The molecule has 0 amide bonds. The molecule has 0 radical (unpaired) electrons. The van der Waals surface area contributed by atoms with E-state index in [-0.39, 0.29) is 0 Å². The third-order valence-corrected chi connectivity index (χ3v) is 4.68. The highest BCUT2D eigenvalue weighted by Gasteiger charge is 2.11. The lowest BCUT2D eigenvalue weighted by Gasteiger charge is -2.12. The van der Waals surface area contributed by atoms with Crippen LogP contribution in [0.1, 0.15) is 10.7 Å². The van der Waals surface area contributed by atoms with Gasteiger partial charge in [0, 0.05) is 18.1 Å². The fourth-order valence-corrected chi connectivity index (χ4v) is 3.48. The summed E-state index contributed by atoms with van der Waals surface area (Å²) in [4.78, 5) is 6.75. The van der Waals surface area contributed by atoms with Crippen LogP contribution in [0.25, 0.3) is 10.2 Å². The van der Waals surface area contributed by atoms with E-state index in [1.165, 1.54) is 16.2 Å². The minimum absolute atomic E-state index is 0.663. The average Bonchev–Trinajstić information content (AvgIpc) is 2.95. The third kappa shape index (κ3) is 2.92. The Morgan fingerprint density at radius 1 is 1.26 bits per heavy atom. The maximum absolute atomic E-state index is 6.00. The number of rotatable bonds is 4. The minimum Gasteiger partial charge on any atom is -0.294 e. The molecular weight excluding hydrogens is 300 g/mol. The number of para-hydroxylation sites is 1. The number of aromatic nitrogens is 3. The summed E-state index contributed by atoms with van der Waals surface area (Å²) in [7, 11) is 2.03. The van der Waals surface area contributed by atoms with Crippen molar-refractivity contribution in [3.8, 4) is 0 Å². The molecule has 2 heterocycles. The largest absolute Gasteiger partial charge is 0.294 e. The Morgan fingerprint density at radius 2 is 2.11 bits per heavy atom. The van der Waals surface area contributed by atoms with Gasteiger partial charge in [0.15, 0.2) is 0 Å². The summed E-state index contributed by atoms with van der Waals surface area (Å²) in [5.74, 6) is 0. The van der Waals surface area contributed by atoms with Crippen molar-refractivity contribution in [1.29, 1.82) is 0 Å². The first-order chi connectivity index (χ1) is 9.22. The van der Waals surface area contributed by atoms with E-state index >= 15 is 0 Å². The minimum atomic E-state index is 0.663. The Morgan fingerprint density at radius 3 is 2.84 bits per heavy atom. The van der Waals surface area contributed by atoms with E-state index in [4.69, 9.17) is 11.6 Å². The highest BCUT2D eigenvalue weighted by atomic mass is 35.5. The van der Waals surface area contributed by atoms with Gasteiger partial charge in [0.2, 0.25) is 0 Å². The summed E-state index contributed by atoms with van der Waals surface area (Å²) in [6.07, 6.45) is 0. The van der Waals surface area contributed by atoms with Crippen molar-refractivity contribution in [2.24, 2.45) is 0 Å². The Hall–Kier alpha value is -1.08. The van der Waals surface area contributed by atoms with Crippen molar-refractivity contribution in [3.05, 3.63) is 39.3 Å². The molecule has 0 aliphatic carbocycles. The molecule has 0 aliphatic rings. The van der Waals surface area contributed by atoms with Crippen LogP contribution >= 0.6 is 34.5 Å². The van der Waals surface area contributed by atoms with E-state index in [0.29, 0.717) is 10.9 Å². The van der Waals surface area contributed by atoms with Crippen LogP contribution in [0.4, 0.5) is 0 Å². The zero-order valence-electron chi connectivity index (χ0n) is 10.2. The third-order valence-electron chi connectivity index (χ3n) is 2.67. The number of benzene rings is 1. The Labute approximate surface area is 123 Å². The Kier molecular flexibility index (Phi) is 3.74. The molecule has 98 valence electrons. The second-order valence-corrected chi connectivity index (χ2v) is 6.71. The second kappa shape index (κ2) is 5.50. The summed E-state index contributed by atoms with van der Waals surface area (Å²) in [6.45, 7) is 1.47. The Bertz CT molecular complexity index is 661. The molecule has 1 aromatic carbocycles. The van der Waals surface area contributed by atoms with Gasteiger partial charge in [-0.25, -0.2) is 4.98 Å². The molecule has 0 N–H and O–H groups in total. The number of hydrogen-bond acceptors (Lipinski definition) is 6. The van der Waals surface area contributed by atoms with Gasteiger partial charge < -0.3 is 0 Å². The molecule has 0 saturated heterocycles. The van der Waals surface area contributed by atoms with Gasteiger partial charge in [0.25, 0.3) is 0 Å². The SMILES string of the molecule is CN(Cc1nc2ccccc2s1)Cc1nnsc1Cl. The number of nitrogens with zero attached hydrogens (tertiary/aromatic N) is 4. The van der Waals surface area contributed by atoms with Crippen LogP contribution in [0.15, 0.2) is 24.3 Å². The van der Waals surface area contributed by atoms with E-state index < -0.39 is 0 Å². The zero-order valence-corrected chi connectivity index (χ0v) is 12.6. The van der Waals surface area contributed by atoms with Crippen molar-refractivity contribution in [2.75, 3.05) is 7.05 Å². The van der Waals surface area contributed by atoms with Gasteiger partial charge in [-0.3, -0.25) is 4.90 Å². The first-order valence-corrected chi connectivity index (χ1v) is 7.69. The predicted octanol–water partition coefficient (Wildman–Crippen LogP) is 3.43. The first kappa shape index (κ1) is 12.9. The fraction of sp³-hybridized carbons (Fsp3) is 0.250. The molecule has 0 bridgehead atoms. The molecule has 2 aromatic heterocycles. The van der Waals surface area contributed by atoms with E-state index in [1.807, 2.05) is 25.2 Å². The lowest BCUT2D eigenvalue weighted by atomic mass is 10.3. The predicted molar refractivity (Wildman–Crippen MR) is 79.7 cm³/mol. The van der Waals surface area contributed by atoms with E-state index in [0.717, 1.165) is 22.8 Å². The summed E-state index contributed by atoms with van der Waals surface area (Å²) >= 11 is 8.95. The van der Waals surface area contributed by atoms with Crippen LogP contribution in [0.5, 0.6) is 0 Å². The summed E-state index contributed by atoms with van der Waals surface area (Å²) < 4.78 is 5.72. The highest BCUT2D eigenvalue weighted by Crippen LogP contribution is 2.23. The van der Waals surface area contributed by atoms with Gasteiger partial charge in [0.05, 0.1) is 16.8 Å². The smallest absolute Gasteiger partial charge is 0.138 e. The molecule has 4 nitrogen and oxygen atoms in total. The molecule has 0 fully saturated rings. The maximum atomic E-state index is 6.00. The molecule has 0 unspecified atom stereocenters. The first-order valence-electron chi connectivity index (χ1n) is 5.72. The molecule has 0 saturated carbocycles. The average molecular weight is 311 g/mol. The number of thiazole rings is 1. The number of fused-ring (bicyclic) bond motifs is 1. The van der Waals surface area contributed by atoms with E-state index in [9.17, 15) is 0 Å². The number of hydrogen-bond donors (Lipinski definition) is 0. The highest BCUT2D eigenvalue weighted by molar-refractivity contribution is 7.18. The van der Waals surface area contributed by atoms with Crippen molar-refractivity contribution >= 4 is 44.7 Å². The van der Waals surface area contributed by atoms with Crippen LogP contribution in [0.2, 0.25) is 4.34 Å². The molecule has 3 aromatic rings. The quantitative estimate of drug-likeness (QED) is 0.740. The van der Waals surface area contributed by atoms with Gasteiger partial charge in [0.1, 0.15) is 15.0 Å². The van der Waals surface area contributed by atoms with Gasteiger partial charge in [-0.05, 0) is 19.2 Å². The molecule has 0 atom stereocenters. The van der Waals surface area contributed by atoms with Crippen LogP contribution in [0.3, 0.4) is 0 Å². The van der Waals surface area contributed by atoms with Crippen LogP contribution in [-0.4, -0.2) is 26.5 Å². The van der Waals surface area contributed by atoms with E-state index in [1.54, 1.807) is 11.3 Å². The van der Waals surface area contributed by atoms with Crippen molar-refractivity contribution in [1.82, 2.24) is 19.5 Å². The lowest BCUT2D eigenvalue weighted by Crippen LogP contribution is -2.17. The van der Waals surface area contributed by atoms with Crippen molar-refractivity contribution in [3.63, 3.8) is 0 Å². The van der Waals surface area contributed by atoms with Crippen molar-refractivity contribution < 1.29 is 0 Å². The van der Waals surface area contributed by atoms with E-state index in [2.05, 4.69) is 25.5 Å². The summed E-state index contributed by atoms with van der Waals surface area (Å²) in [5.41, 5.74) is 1.89. The molecule has 7 heteroatoms. The van der Waals surface area contributed by atoms with Gasteiger partial charge in [-0.2, -0.15) is 0 Å². The molecule has 3 rings (SSSR count). The fourth-order valence-electron chi connectivity index (χ4n) is 1.82. The van der Waals surface area contributed by atoms with Crippen LogP contribution in [0, 0.1) is 0 Å². The monoisotopic (exact) mass is 310 g/mol. The molecule has 0 aliphatic heterocycles. The topological polar surface area (TPSA) is 41.9 Å². The lowest BCUT2D eigenvalue weighted by molar-refractivity contribution is 0.314. The summed E-state index contributed by atoms with van der Waals surface area (Å²) in [6, 6.07) is 8.18. The summed E-state index contributed by atoms with van der Waals surface area (Å²) in [5, 5.41) is 5.12. The zero-order chi connectivity index (χ0) is 13.2. The standard InChI is InChI=1S/C12H11ClN4S2/c1-17(6-9-12(13)19-16-15-9)7-11-14-8-4-2-3-5-10(8)18-11/h2-5H,6-7H2,1H3. The van der Waals surface area contributed by atoms with Gasteiger partial charge in [-0.15, -0.1) is 16.4 Å². The molecule has 0 spiro atoms. The van der Waals surface area contributed by atoms with Crippen LogP contribution in [-0.2, 0) is 13.1 Å². The molecular formula is C12H11ClN4S2. The maximum Gasteiger partial charge on any atom is 0.138 e. The Balaban J connectivity index is 1.72. The number of halogens is 1. The van der Waals surface area contributed by atoms with Gasteiger partial charge in [-0.1, -0.05) is 28.2 Å². The van der Waals surface area contributed by atoms with Gasteiger partial charge >= 0.3 is 0 Å². The van der Waals surface area contributed by atoms with Crippen LogP contribution < -0.4 is 0 Å². The van der Waals surface area contributed by atoms with Crippen molar-refractivity contribution in [2.45, 2.75) is 13.1 Å².